The molecule has 0 radical (unpaired) electrons. The number of aromatic nitrogens is 4. The summed E-state index contributed by atoms with van der Waals surface area (Å²) in [6.45, 7) is 14.6. The van der Waals surface area contributed by atoms with Crippen LogP contribution in [0.5, 0.6) is 5.75 Å². The van der Waals surface area contributed by atoms with Gasteiger partial charge in [0.05, 0.1) is 6.61 Å². The Morgan fingerprint density at radius 2 is 1.92 bits per heavy atom. The van der Waals surface area contributed by atoms with Crippen molar-refractivity contribution in [2.45, 2.75) is 83.5 Å². The molecule has 0 fully saturated rings. The second-order valence-corrected chi connectivity index (χ2v) is 11.9. The first-order valence-electron chi connectivity index (χ1n) is 12.4. The third-order valence-corrected chi connectivity index (χ3v) is 7.72. The van der Waals surface area contributed by atoms with E-state index in [-0.39, 0.29) is 11.4 Å². The molecule has 37 heavy (non-hydrogen) atoms. The topological polar surface area (TPSA) is 105 Å². The molecule has 2 N–H and O–H groups in total. The average Bonchev–Trinajstić information content (AvgIpc) is 3.15. The Morgan fingerprint density at radius 1 is 1.19 bits per heavy atom. The van der Waals surface area contributed by atoms with Crippen LogP contribution in [0.15, 0.2) is 40.6 Å². The van der Waals surface area contributed by atoms with Crippen LogP contribution in [0.4, 0.5) is 5.82 Å². The molecule has 2 heterocycles. The third-order valence-electron chi connectivity index (χ3n) is 6.74. The second kappa shape index (κ2) is 11.0. The molecule has 198 valence electrons. The van der Waals surface area contributed by atoms with Gasteiger partial charge in [0.2, 0.25) is 0 Å². The number of terminal acetylenes is 1. The number of hydrogen-bond donors (Lipinski definition) is 1. The van der Waals surface area contributed by atoms with E-state index in [1.54, 1.807) is 6.92 Å². The van der Waals surface area contributed by atoms with Crippen molar-refractivity contribution in [3.63, 3.8) is 0 Å². The maximum absolute atomic E-state index is 12.6. The zero-order valence-corrected chi connectivity index (χ0v) is 23.6. The fourth-order valence-electron chi connectivity index (χ4n) is 3.76. The quantitative estimate of drug-likeness (QED) is 0.250. The number of ether oxygens (including phenoxy) is 2. The van der Waals surface area contributed by atoms with Crippen molar-refractivity contribution in [3.8, 4) is 18.1 Å². The van der Waals surface area contributed by atoms with E-state index in [9.17, 15) is 4.79 Å². The molecule has 9 heteroatoms. The van der Waals surface area contributed by atoms with Crippen molar-refractivity contribution in [3.05, 3.63) is 30.6 Å². The van der Waals surface area contributed by atoms with Gasteiger partial charge in [-0.3, -0.25) is 4.79 Å². The van der Waals surface area contributed by atoms with E-state index in [0.717, 1.165) is 16.5 Å². The van der Waals surface area contributed by atoms with Gasteiger partial charge in [0.15, 0.2) is 22.1 Å². The summed E-state index contributed by atoms with van der Waals surface area (Å²) >= 11 is 1.49. The number of carbonyl (C=O) groups excluding carboxylic acids is 1. The zero-order valence-electron chi connectivity index (χ0n) is 22.8. The highest BCUT2D eigenvalue weighted by Gasteiger charge is 2.46. The smallest absolute Gasteiger partial charge is 0.315 e. The molecule has 8 nitrogen and oxygen atoms in total. The first-order valence-corrected chi connectivity index (χ1v) is 13.2. The van der Waals surface area contributed by atoms with Gasteiger partial charge < -0.3 is 19.8 Å². The Bertz CT molecular complexity index is 1310. The molecule has 0 aliphatic rings. The number of nitrogen functional groups attached to an aromatic ring is 1. The van der Waals surface area contributed by atoms with E-state index >= 15 is 0 Å². The summed E-state index contributed by atoms with van der Waals surface area (Å²) in [7, 11) is 0. The molecule has 2 aromatic heterocycles. The van der Waals surface area contributed by atoms with Crippen molar-refractivity contribution in [2.75, 3.05) is 12.3 Å². The van der Waals surface area contributed by atoms with Gasteiger partial charge in [0.25, 0.3) is 0 Å². The standard InChI is InChI=1S/C28H37N5O3S/c1-9-11-15-26(3,4)17-33-23-21(22(29)30-18-31-23)32-25(33)37-20-14-12-13-19(16-20)36-28(7,8)27(5,6)24(34)35-10-2/h1,12-14,16,18H,10-11,15,17H2,2-8H3,(H2,29,30,31). The monoisotopic (exact) mass is 523 g/mol. The van der Waals surface area contributed by atoms with E-state index in [1.165, 1.54) is 18.1 Å². The summed E-state index contributed by atoms with van der Waals surface area (Å²) in [6.07, 6.45) is 8.53. The molecule has 1 aromatic carbocycles. The maximum atomic E-state index is 12.6. The average molecular weight is 524 g/mol. The molecule has 0 amide bonds. The van der Waals surface area contributed by atoms with Crippen LogP contribution in [0.3, 0.4) is 0 Å². The molecular weight excluding hydrogens is 486 g/mol. The second-order valence-electron chi connectivity index (χ2n) is 10.8. The SMILES string of the molecule is C#CCCC(C)(C)Cn1c(Sc2cccc(OC(C)(C)C(C)(C)C(=O)OCC)c2)nc2c(N)ncnc21. The number of imidazole rings is 1. The number of hydrogen-bond acceptors (Lipinski definition) is 8. The lowest BCUT2D eigenvalue weighted by atomic mass is 9.77. The first kappa shape index (κ1) is 28.3. The van der Waals surface area contributed by atoms with Crippen LogP contribution in [-0.4, -0.2) is 37.7 Å². The van der Waals surface area contributed by atoms with E-state index in [4.69, 9.17) is 26.6 Å². The molecule has 0 bridgehead atoms. The summed E-state index contributed by atoms with van der Waals surface area (Å²) in [6, 6.07) is 7.73. The van der Waals surface area contributed by atoms with Crippen LogP contribution >= 0.6 is 11.8 Å². The van der Waals surface area contributed by atoms with Gasteiger partial charge >= 0.3 is 5.97 Å². The molecule has 0 aliphatic carbocycles. The van der Waals surface area contributed by atoms with E-state index in [0.29, 0.717) is 42.3 Å². The minimum atomic E-state index is -0.861. The predicted octanol–water partition coefficient (Wildman–Crippen LogP) is 5.75. The molecule has 0 unspecified atom stereocenters. The largest absolute Gasteiger partial charge is 0.487 e. The lowest BCUT2D eigenvalue weighted by Crippen LogP contribution is -2.50. The highest BCUT2D eigenvalue weighted by molar-refractivity contribution is 7.99. The van der Waals surface area contributed by atoms with Gasteiger partial charge in [-0.1, -0.05) is 31.7 Å². The number of anilines is 1. The van der Waals surface area contributed by atoms with Gasteiger partial charge in [-0.05, 0) is 64.7 Å². The highest BCUT2D eigenvalue weighted by atomic mass is 32.2. The van der Waals surface area contributed by atoms with Crippen molar-refractivity contribution >= 4 is 34.7 Å². The lowest BCUT2D eigenvalue weighted by molar-refractivity contribution is -0.164. The fraction of sp³-hybridized carbons (Fsp3) is 0.500. The third kappa shape index (κ3) is 6.37. The zero-order chi connectivity index (χ0) is 27.4. The van der Waals surface area contributed by atoms with Gasteiger partial charge in [0, 0.05) is 17.9 Å². The number of esters is 1. The van der Waals surface area contributed by atoms with Crippen LogP contribution in [0.1, 0.15) is 61.3 Å². The summed E-state index contributed by atoms with van der Waals surface area (Å²) < 4.78 is 13.7. The Hall–Kier alpha value is -3.25. The lowest BCUT2D eigenvalue weighted by Gasteiger charge is -2.39. The van der Waals surface area contributed by atoms with Crippen molar-refractivity contribution in [2.24, 2.45) is 10.8 Å². The van der Waals surface area contributed by atoms with Crippen molar-refractivity contribution in [1.29, 1.82) is 0 Å². The molecule has 0 saturated heterocycles. The van der Waals surface area contributed by atoms with Gasteiger partial charge in [0.1, 0.15) is 23.1 Å². The Kier molecular flexibility index (Phi) is 8.43. The number of fused-ring (bicyclic) bond motifs is 1. The number of rotatable bonds is 11. The molecule has 0 saturated carbocycles. The number of benzene rings is 1. The fourth-order valence-corrected chi connectivity index (χ4v) is 4.69. The minimum absolute atomic E-state index is 0.0807. The first-order chi connectivity index (χ1) is 17.3. The predicted molar refractivity (Wildman–Crippen MR) is 147 cm³/mol. The van der Waals surface area contributed by atoms with Crippen LogP contribution in [-0.2, 0) is 16.1 Å². The maximum Gasteiger partial charge on any atom is 0.315 e. The summed E-state index contributed by atoms with van der Waals surface area (Å²) in [5, 5.41) is 0.749. The summed E-state index contributed by atoms with van der Waals surface area (Å²) in [5.41, 5.74) is 5.64. The van der Waals surface area contributed by atoms with Crippen LogP contribution < -0.4 is 10.5 Å². The summed E-state index contributed by atoms with van der Waals surface area (Å²) in [4.78, 5) is 26.9. The molecular formula is C28H37N5O3S. The molecule has 0 atom stereocenters. The summed E-state index contributed by atoms with van der Waals surface area (Å²) in [5.74, 6) is 3.42. The molecule has 3 rings (SSSR count). The molecule has 0 spiro atoms. The van der Waals surface area contributed by atoms with Crippen LogP contribution in [0.2, 0.25) is 0 Å². The van der Waals surface area contributed by atoms with Gasteiger partial charge in [-0.2, -0.15) is 0 Å². The normalized spacial score (nSPS) is 12.4. The number of nitrogens with two attached hydrogens (primary N) is 1. The van der Waals surface area contributed by atoms with Crippen LogP contribution in [0.25, 0.3) is 11.2 Å². The van der Waals surface area contributed by atoms with E-state index in [1.807, 2.05) is 52.0 Å². The highest BCUT2D eigenvalue weighted by Crippen LogP contribution is 2.39. The van der Waals surface area contributed by atoms with Gasteiger partial charge in [-0.15, -0.1) is 12.3 Å². The van der Waals surface area contributed by atoms with Crippen LogP contribution in [0, 0.1) is 23.2 Å². The van der Waals surface area contributed by atoms with Crippen molar-refractivity contribution in [1.82, 2.24) is 19.5 Å². The van der Waals surface area contributed by atoms with E-state index in [2.05, 4.69) is 34.3 Å². The minimum Gasteiger partial charge on any atom is -0.487 e. The number of carbonyl (C=O) groups is 1. The Balaban J connectivity index is 1.93. The van der Waals surface area contributed by atoms with E-state index < -0.39 is 11.0 Å². The number of nitrogens with zero attached hydrogens (tertiary/aromatic N) is 4. The van der Waals surface area contributed by atoms with Gasteiger partial charge in [-0.25, -0.2) is 15.0 Å². The molecule has 0 aliphatic heterocycles. The Morgan fingerprint density at radius 3 is 2.59 bits per heavy atom. The Labute approximate surface area is 223 Å². The molecule has 3 aromatic rings. The van der Waals surface area contributed by atoms with Crippen molar-refractivity contribution < 1.29 is 14.3 Å².